The summed E-state index contributed by atoms with van der Waals surface area (Å²) in [6.07, 6.45) is 2.24. The topological polar surface area (TPSA) is 69.6 Å². The van der Waals surface area contributed by atoms with E-state index in [0.717, 1.165) is 16.8 Å². The second kappa shape index (κ2) is 8.61. The number of nitrogens with zero attached hydrogens (tertiary/aromatic N) is 1. The van der Waals surface area contributed by atoms with Gasteiger partial charge in [-0.15, -0.1) is 0 Å². The molecule has 0 saturated heterocycles. The van der Waals surface area contributed by atoms with Crippen LogP contribution in [-0.2, 0) is 13.5 Å². The molecule has 1 N–H and O–H groups in total. The third-order valence-electron chi connectivity index (χ3n) is 4.57. The molecule has 0 unspecified atom stereocenters. The first-order valence-electron chi connectivity index (χ1n) is 9.20. The number of fused-ring (bicyclic) bond motifs is 1. The first-order chi connectivity index (χ1) is 13.5. The van der Waals surface area contributed by atoms with E-state index in [-0.39, 0.29) is 16.9 Å². The molecular weight excluding hydrogens is 356 g/mol. The zero-order chi connectivity index (χ0) is 20.1. The maximum absolute atomic E-state index is 12.8. The molecule has 0 spiro atoms. The van der Waals surface area contributed by atoms with Gasteiger partial charge in [0.25, 0.3) is 5.91 Å². The van der Waals surface area contributed by atoms with E-state index in [1.54, 1.807) is 23.9 Å². The van der Waals surface area contributed by atoms with Gasteiger partial charge in [0, 0.05) is 19.8 Å². The monoisotopic (exact) mass is 380 g/mol. The van der Waals surface area contributed by atoms with Crippen molar-refractivity contribution in [2.24, 2.45) is 7.05 Å². The molecule has 6 nitrogen and oxygen atoms in total. The second-order valence-corrected chi connectivity index (χ2v) is 6.45. The van der Waals surface area contributed by atoms with E-state index < -0.39 is 0 Å². The van der Waals surface area contributed by atoms with Crippen molar-refractivity contribution in [3.63, 3.8) is 0 Å². The van der Waals surface area contributed by atoms with Gasteiger partial charge in [0.15, 0.2) is 0 Å². The second-order valence-electron chi connectivity index (χ2n) is 6.45. The third-order valence-corrected chi connectivity index (χ3v) is 4.57. The maximum Gasteiger partial charge on any atom is 0.256 e. The molecule has 1 amide bonds. The summed E-state index contributed by atoms with van der Waals surface area (Å²) < 4.78 is 12.4. The fraction of sp³-hybridized carbons (Fsp3) is 0.273. The summed E-state index contributed by atoms with van der Waals surface area (Å²) in [4.78, 5) is 25.4. The van der Waals surface area contributed by atoms with Crippen LogP contribution >= 0.6 is 0 Å². The van der Waals surface area contributed by atoms with Crippen molar-refractivity contribution in [3.05, 3.63) is 70.0 Å². The molecule has 0 aliphatic heterocycles. The van der Waals surface area contributed by atoms with E-state index in [2.05, 4.69) is 5.32 Å². The minimum Gasteiger partial charge on any atom is -0.497 e. The van der Waals surface area contributed by atoms with E-state index in [4.69, 9.17) is 9.47 Å². The molecule has 0 aliphatic carbocycles. The van der Waals surface area contributed by atoms with Crippen molar-refractivity contribution in [3.8, 4) is 11.5 Å². The van der Waals surface area contributed by atoms with E-state index in [0.29, 0.717) is 30.7 Å². The summed E-state index contributed by atoms with van der Waals surface area (Å²) >= 11 is 0. The minimum atomic E-state index is -0.377. The first-order valence-corrected chi connectivity index (χ1v) is 9.20. The highest BCUT2D eigenvalue weighted by Crippen LogP contribution is 2.19. The summed E-state index contributed by atoms with van der Waals surface area (Å²) in [6, 6.07) is 13.0. The summed E-state index contributed by atoms with van der Waals surface area (Å²) in [5.74, 6) is 1.03. The number of amides is 1. The number of pyridine rings is 1. The van der Waals surface area contributed by atoms with Crippen LogP contribution in [0.3, 0.4) is 0 Å². The van der Waals surface area contributed by atoms with E-state index in [1.165, 1.54) is 0 Å². The molecule has 0 fully saturated rings. The van der Waals surface area contributed by atoms with Gasteiger partial charge in [-0.2, -0.15) is 0 Å². The van der Waals surface area contributed by atoms with Crippen LogP contribution in [0.5, 0.6) is 11.5 Å². The third kappa shape index (κ3) is 4.17. The molecular formula is C22H24N2O4. The number of benzene rings is 2. The molecule has 1 heterocycles. The molecule has 3 rings (SSSR count). The van der Waals surface area contributed by atoms with Crippen molar-refractivity contribution in [2.45, 2.75) is 13.3 Å². The lowest BCUT2D eigenvalue weighted by Crippen LogP contribution is -2.31. The summed E-state index contributed by atoms with van der Waals surface area (Å²) in [7, 11) is 3.44. The zero-order valence-electron chi connectivity index (χ0n) is 16.3. The van der Waals surface area contributed by atoms with Crippen molar-refractivity contribution in [2.75, 3.05) is 20.3 Å². The Hall–Kier alpha value is -3.28. The molecule has 0 aliphatic rings. The number of hydrogen-bond acceptors (Lipinski definition) is 4. The van der Waals surface area contributed by atoms with E-state index >= 15 is 0 Å². The summed E-state index contributed by atoms with van der Waals surface area (Å²) in [6.45, 7) is 2.83. The van der Waals surface area contributed by atoms with Crippen molar-refractivity contribution in [1.29, 1.82) is 0 Å². The van der Waals surface area contributed by atoms with E-state index in [9.17, 15) is 9.59 Å². The largest absolute Gasteiger partial charge is 0.497 e. The minimum absolute atomic E-state index is 0.123. The van der Waals surface area contributed by atoms with Gasteiger partial charge in [-0.05, 0) is 49.2 Å². The van der Waals surface area contributed by atoms with Crippen molar-refractivity contribution < 1.29 is 14.3 Å². The molecule has 0 saturated carbocycles. The normalized spacial score (nSPS) is 10.7. The Labute approximate surface area is 163 Å². The van der Waals surface area contributed by atoms with Crippen LogP contribution in [0.1, 0.15) is 22.8 Å². The SMILES string of the molecule is CCOc1ccc2c(c1)c(=O)c(C(=O)NCCc1ccc(OC)cc1)cn2C. The number of carbonyl (C=O) groups is 1. The molecule has 0 atom stereocenters. The summed E-state index contributed by atoms with van der Waals surface area (Å²) in [5.41, 5.74) is 1.66. The summed E-state index contributed by atoms with van der Waals surface area (Å²) in [5, 5.41) is 3.30. The van der Waals surface area contributed by atoms with Crippen molar-refractivity contribution in [1.82, 2.24) is 9.88 Å². The number of rotatable bonds is 7. The van der Waals surface area contributed by atoms with Gasteiger partial charge in [-0.1, -0.05) is 12.1 Å². The molecule has 6 heteroatoms. The molecule has 0 bridgehead atoms. The lowest BCUT2D eigenvalue weighted by molar-refractivity contribution is 0.0952. The maximum atomic E-state index is 12.8. The smallest absolute Gasteiger partial charge is 0.256 e. The van der Waals surface area contributed by atoms with Crippen LogP contribution < -0.4 is 20.2 Å². The van der Waals surface area contributed by atoms with Crippen LogP contribution in [0, 0.1) is 0 Å². The predicted octanol–water partition coefficient (Wildman–Crippen LogP) is 2.92. The molecule has 0 radical (unpaired) electrons. The van der Waals surface area contributed by atoms with E-state index in [1.807, 2.05) is 50.4 Å². The molecule has 2 aromatic carbocycles. The number of aromatic nitrogens is 1. The van der Waals surface area contributed by atoms with Gasteiger partial charge in [-0.25, -0.2) is 0 Å². The van der Waals surface area contributed by atoms with Crippen LogP contribution in [0.4, 0.5) is 0 Å². The highest BCUT2D eigenvalue weighted by Gasteiger charge is 2.15. The molecule has 146 valence electrons. The zero-order valence-corrected chi connectivity index (χ0v) is 16.3. The Morgan fingerprint density at radius 3 is 2.50 bits per heavy atom. The van der Waals surface area contributed by atoms with Gasteiger partial charge >= 0.3 is 0 Å². The number of aryl methyl sites for hydroxylation is 1. The number of nitrogens with one attached hydrogen (secondary N) is 1. The van der Waals surface area contributed by atoms with Crippen LogP contribution in [0.15, 0.2) is 53.5 Å². The molecule has 1 aromatic heterocycles. The Morgan fingerprint density at radius 1 is 1.11 bits per heavy atom. The number of carbonyl (C=O) groups excluding carboxylic acids is 1. The highest BCUT2D eigenvalue weighted by atomic mass is 16.5. The van der Waals surface area contributed by atoms with Crippen LogP contribution in [-0.4, -0.2) is 30.7 Å². The van der Waals surface area contributed by atoms with Crippen LogP contribution in [0.2, 0.25) is 0 Å². The van der Waals surface area contributed by atoms with Gasteiger partial charge in [-0.3, -0.25) is 9.59 Å². The Morgan fingerprint density at radius 2 is 1.82 bits per heavy atom. The lowest BCUT2D eigenvalue weighted by Gasteiger charge is -2.11. The molecule has 28 heavy (non-hydrogen) atoms. The number of hydrogen-bond donors (Lipinski definition) is 1. The first kappa shape index (κ1) is 19.5. The predicted molar refractivity (Wildman–Crippen MR) is 109 cm³/mol. The number of ether oxygens (including phenoxy) is 2. The Bertz CT molecular complexity index is 1040. The van der Waals surface area contributed by atoms with Crippen LogP contribution in [0.25, 0.3) is 10.9 Å². The van der Waals surface area contributed by atoms with Gasteiger partial charge < -0.3 is 19.4 Å². The highest BCUT2D eigenvalue weighted by molar-refractivity contribution is 5.97. The average Bonchev–Trinajstić information content (AvgIpc) is 2.71. The lowest BCUT2D eigenvalue weighted by atomic mass is 10.1. The van der Waals surface area contributed by atoms with Gasteiger partial charge in [0.2, 0.25) is 5.43 Å². The van der Waals surface area contributed by atoms with Crippen molar-refractivity contribution >= 4 is 16.8 Å². The Balaban J connectivity index is 1.76. The quantitative estimate of drug-likeness (QED) is 0.684. The average molecular weight is 380 g/mol. The standard InChI is InChI=1S/C22H24N2O4/c1-4-28-17-9-10-20-18(13-17)21(25)19(14-24(20)2)22(26)23-12-11-15-5-7-16(27-3)8-6-15/h5-10,13-14H,4,11-12H2,1-3H3,(H,23,26). The number of methoxy groups -OCH3 is 1. The fourth-order valence-electron chi connectivity index (χ4n) is 3.10. The molecule has 3 aromatic rings. The Kier molecular flexibility index (Phi) is 5.99. The fourth-order valence-corrected chi connectivity index (χ4v) is 3.10. The van der Waals surface area contributed by atoms with Gasteiger partial charge in [0.1, 0.15) is 17.1 Å². The van der Waals surface area contributed by atoms with Gasteiger partial charge in [0.05, 0.1) is 24.6 Å².